The Balaban J connectivity index is 3.03. The van der Waals surface area contributed by atoms with E-state index in [1.54, 1.807) is 25.3 Å². The summed E-state index contributed by atoms with van der Waals surface area (Å²) in [7, 11) is 1.59. The molecule has 3 N–H and O–H groups in total. The lowest BCUT2D eigenvalue weighted by atomic mass is 10.0. The van der Waals surface area contributed by atoms with Crippen LogP contribution in [0.2, 0.25) is 0 Å². The number of aliphatic hydroxyl groups excluding tert-OH is 1. The van der Waals surface area contributed by atoms with Gasteiger partial charge in [0.15, 0.2) is 5.78 Å². The molecule has 88 valence electrons. The second-order valence-corrected chi connectivity index (χ2v) is 3.53. The molecule has 0 aliphatic heterocycles. The number of benzene rings is 1. The smallest absolute Gasteiger partial charge is 0.181 e. The van der Waals surface area contributed by atoms with Crippen molar-refractivity contribution < 1.29 is 14.6 Å². The van der Waals surface area contributed by atoms with E-state index in [4.69, 9.17) is 15.6 Å². The van der Waals surface area contributed by atoms with Gasteiger partial charge >= 0.3 is 0 Å². The van der Waals surface area contributed by atoms with E-state index in [0.29, 0.717) is 5.56 Å². The van der Waals surface area contributed by atoms with Crippen molar-refractivity contribution in [2.24, 2.45) is 5.73 Å². The molecule has 16 heavy (non-hydrogen) atoms. The Bertz CT molecular complexity index is 377. The second-order valence-electron chi connectivity index (χ2n) is 3.53. The molecule has 1 aromatic rings. The van der Waals surface area contributed by atoms with Gasteiger partial charge < -0.3 is 15.6 Å². The van der Waals surface area contributed by atoms with Crippen LogP contribution in [-0.4, -0.2) is 30.6 Å². The number of Topliss-reactive ketones (excluding diaryl/α,β-unsaturated/α-hetero) is 1. The maximum atomic E-state index is 11.7. The molecule has 0 bridgehead atoms. The third kappa shape index (κ3) is 2.59. The zero-order valence-corrected chi connectivity index (χ0v) is 9.56. The molecule has 0 amide bonds. The summed E-state index contributed by atoms with van der Waals surface area (Å²) in [6.07, 6.45) is 0.776. The van der Waals surface area contributed by atoms with Crippen molar-refractivity contribution in [1.29, 1.82) is 0 Å². The Morgan fingerprint density at radius 1 is 1.56 bits per heavy atom. The van der Waals surface area contributed by atoms with Crippen LogP contribution in [0.15, 0.2) is 18.2 Å². The second kappa shape index (κ2) is 5.63. The number of nitrogens with two attached hydrogens (primary N) is 1. The molecule has 0 saturated heterocycles. The summed E-state index contributed by atoms with van der Waals surface area (Å²) in [5.74, 6) is 0.511. The molecule has 1 rings (SSSR count). The molecule has 0 aromatic heterocycles. The van der Waals surface area contributed by atoms with E-state index in [-0.39, 0.29) is 12.4 Å². The highest BCUT2D eigenvalue weighted by Crippen LogP contribution is 2.20. The predicted molar refractivity (Wildman–Crippen MR) is 61.8 cm³/mol. The zero-order valence-electron chi connectivity index (χ0n) is 9.56. The molecule has 0 saturated carbocycles. The number of carbonyl (C=O) groups excluding carboxylic acids is 1. The first-order chi connectivity index (χ1) is 7.63. The molecule has 1 atom stereocenters. The van der Waals surface area contributed by atoms with E-state index < -0.39 is 6.04 Å². The van der Waals surface area contributed by atoms with Crippen molar-refractivity contribution >= 4 is 5.78 Å². The van der Waals surface area contributed by atoms with E-state index in [1.807, 2.05) is 6.92 Å². The third-order valence-corrected chi connectivity index (χ3v) is 2.48. The standard InChI is InChI=1S/C12H17NO3/c1-3-8-6-9(4-5-11(8)16-2)12(15)10(13)7-14/h4-6,10,14H,3,7,13H2,1-2H3. The van der Waals surface area contributed by atoms with Gasteiger partial charge in [-0.1, -0.05) is 6.92 Å². The Morgan fingerprint density at radius 2 is 2.25 bits per heavy atom. The van der Waals surface area contributed by atoms with Crippen LogP contribution in [0.25, 0.3) is 0 Å². The summed E-state index contributed by atoms with van der Waals surface area (Å²) in [5, 5.41) is 8.82. The lowest BCUT2D eigenvalue weighted by Gasteiger charge is -2.11. The minimum atomic E-state index is -0.849. The van der Waals surface area contributed by atoms with Gasteiger partial charge in [-0.2, -0.15) is 0 Å². The normalized spacial score (nSPS) is 12.2. The summed E-state index contributed by atoms with van der Waals surface area (Å²) in [6, 6.07) is 4.32. The van der Waals surface area contributed by atoms with Crippen molar-refractivity contribution in [2.45, 2.75) is 19.4 Å². The topological polar surface area (TPSA) is 72.6 Å². The highest BCUT2D eigenvalue weighted by molar-refractivity contribution is 6.00. The predicted octanol–water partition coefficient (Wildman–Crippen LogP) is 0.760. The molecular formula is C12H17NO3. The van der Waals surface area contributed by atoms with E-state index in [0.717, 1.165) is 17.7 Å². The molecule has 1 aromatic carbocycles. The van der Waals surface area contributed by atoms with Crippen LogP contribution in [0.3, 0.4) is 0 Å². The van der Waals surface area contributed by atoms with Crippen molar-refractivity contribution in [3.8, 4) is 5.75 Å². The fourth-order valence-electron chi connectivity index (χ4n) is 1.51. The maximum absolute atomic E-state index is 11.7. The van der Waals surface area contributed by atoms with Gasteiger partial charge in [0.1, 0.15) is 5.75 Å². The number of aryl methyl sites for hydroxylation is 1. The van der Waals surface area contributed by atoms with Crippen LogP contribution in [0.5, 0.6) is 5.75 Å². The van der Waals surface area contributed by atoms with Crippen LogP contribution in [0.4, 0.5) is 0 Å². The van der Waals surface area contributed by atoms with Gasteiger partial charge in [-0.25, -0.2) is 0 Å². The molecule has 4 heteroatoms. The van der Waals surface area contributed by atoms with Gasteiger partial charge in [0.2, 0.25) is 0 Å². The summed E-state index contributed by atoms with van der Waals surface area (Å²) in [6.45, 7) is 1.64. The number of hydrogen-bond acceptors (Lipinski definition) is 4. The minimum Gasteiger partial charge on any atom is -0.496 e. The Kier molecular flexibility index (Phi) is 4.46. The summed E-state index contributed by atoms with van der Waals surface area (Å²) >= 11 is 0. The van der Waals surface area contributed by atoms with Gasteiger partial charge in [0, 0.05) is 5.56 Å². The Hall–Kier alpha value is -1.39. The molecular weight excluding hydrogens is 206 g/mol. The van der Waals surface area contributed by atoms with E-state index >= 15 is 0 Å². The Morgan fingerprint density at radius 3 is 2.75 bits per heavy atom. The van der Waals surface area contributed by atoms with E-state index in [1.165, 1.54) is 0 Å². The van der Waals surface area contributed by atoms with Gasteiger partial charge in [-0.05, 0) is 30.2 Å². The lowest BCUT2D eigenvalue weighted by Crippen LogP contribution is -2.34. The fourth-order valence-corrected chi connectivity index (χ4v) is 1.51. The van der Waals surface area contributed by atoms with Crippen LogP contribution in [0.1, 0.15) is 22.8 Å². The number of carbonyl (C=O) groups is 1. The van der Waals surface area contributed by atoms with Gasteiger partial charge in [0.05, 0.1) is 19.8 Å². The average Bonchev–Trinajstić information content (AvgIpc) is 2.35. The number of ether oxygens (including phenoxy) is 1. The first-order valence-electron chi connectivity index (χ1n) is 5.21. The van der Waals surface area contributed by atoms with Crippen molar-refractivity contribution in [1.82, 2.24) is 0 Å². The molecule has 0 radical (unpaired) electrons. The number of methoxy groups -OCH3 is 1. The summed E-state index contributed by atoms with van der Waals surface area (Å²) in [4.78, 5) is 11.7. The largest absolute Gasteiger partial charge is 0.496 e. The minimum absolute atomic E-state index is 0.250. The van der Waals surface area contributed by atoms with Gasteiger partial charge in [0.25, 0.3) is 0 Å². The number of ketones is 1. The van der Waals surface area contributed by atoms with Crippen molar-refractivity contribution in [3.63, 3.8) is 0 Å². The van der Waals surface area contributed by atoms with Gasteiger partial charge in [-0.15, -0.1) is 0 Å². The van der Waals surface area contributed by atoms with Crippen molar-refractivity contribution in [2.75, 3.05) is 13.7 Å². The highest BCUT2D eigenvalue weighted by atomic mass is 16.5. The monoisotopic (exact) mass is 223 g/mol. The zero-order chi connectivity index (χ0) is 12.1. The van der Waals surface area contributed by atoms with Crippen LogP contribution < -0.4 is 10.5 Å². The number of hydrogen-bond donors (Lipinski definition) is 2. The first kappa shape index (κ1) is 12.7. The highest BCUT2D eigenvalue weighted by Gasteiger charge is 2.15. The molecule has 0 aliphatic rings. The lowest BCUT2D eigenvalue weighted by molar-refractivity contribution is 0.0925. The first-order valence-corrected chi connectivity index (χ1v) is 5.21. The molecule has 4 nitrogen and oxygen atoms in total. The Labute approximate surface area is 95.0 Å². The van der Waals surface area contributed by atoms with Crippen molar-refractivity contribution in [3.05, 3.63) is 29.3 Å². The molecule has 1 unspecified atom stereocenters. The van der Waals surface area contributed by atoms with Gasteiger partial charge in [-0.3, -0.25) is 4.79 Å². The number of aliphatic hydroxyl groups is 1. The maximum Gasteiger partial charge on any atom is 0.181 e. The summed E-state index contributed by atoms with van der Waals surface area (Å²) in [5.41, 5.74) is 6.95. The van der Waals surface area contributed by atoms with E-state index in [2.05, 4.69) is 0 Å². The quantitative estimate of drug-likeness (QED) is 0.723. The molecule has 0 aliphatic carbocycles. The van der Waals surface area contributed by atoms with Crippen LogP contribution in [-0.2, 0) is 6.42 Å². The summed E-state index contributed by atoms with van der Waals surface area (Å²) < 4.78 is 5.17. The van der Waals surface area contributed by atoms with E-state index in [9.17, 15) is 4.79 Å². The fraction of sp³-hybridized carbons (Fsp3) is 0.417. The molecule has 0 spiro atoms. The third-order valence-electron chi connectivity index (χ3n) is 2.48. The SMILES string of the molecule is CCc1cc(C(=O)C(N)CO)ccc1OC. The molecule has 0 fully saturated rings. The van der Waals surface area contributed by atoms with Crippen LogP contribution in [0, 0.1) is 0 Å². The average molecular weight is 223 g/mol. The molecule has 0 heterocycles. The van der Waals surface area contributed by atoms with Crippen LogP contribution >= 0.6 is 0 Å². The number of rotatable bonds is 5.